The van der Waals surface area contributed by atoms with Crippen LogP contribution in [0.2, 0.25) is 0 Å². The second-order valence-corrected chi connectivity index (χ2v) is 5.02. The Balaban J connectivity index is 1.48. The number of carbonyl (C=O) groups is 1. The van der Waals surface area contributed by atoms with E-state index in [0.29, 0.717) is 19.8 Å². The van der Waals surface area contributed by atoms with Gasteiger partial charge in [-0.3, -0.25) is 9.52 Å². The van der Waals surface area contributed by atoms with Gasteiger partial charge >= 0.3 is 6.03 Å². The quantitative estimate of drug-likeness (QED) is 0.856. The number of hydrogen-bond acceptors (Lipinski definition) is 4. The molecule has 120 valence electrons. The molecule has 0 unspecified atom stereocenters. The van der Waals surface area contributed by atoms with Gasteiger partial charge in [0.05, 0.1) is 19.3 Å². The van der Waals surface area contributed by atoms with Crippen molar-refractivity contribution in [1.29, 1.82) is 0 Å². The third-order valence-corrected chi connectivity index (χ3v) is 3.27. The van der Waals surface area contributed by atoms with E-state index < -0.39 is 0 Å². The number of rotatable bonds is 5. The number of amides is 2. The predicted molar refractivity (Wildman–Crippen MR) is 84.5 cm³/mol. The lowest BCUT2D eigenvalue weighted by Gasteiger charge is -2.13. The van der Waals surface area contributed by atoms with Gasteiger partial charge in [-0.05, 0) is 23.8 Å². The molecule has 0 bridgehead atoms. The first kappa shape index (κ1) is 15.1. The summed E-state index contributed by atoms with van der Waals surface area (Å²) in [7, 11) is 1.88. The van der Waals surface area contributed by atoms with Gasteiger partial charge in [-0.1, -0.05) is 12.1 Å². The summed E-state index contributed by atoms with van der Waals surface area (Å²) in [4.78, 5) is 16.7. The summed E-state index contributed by atoms with van der Waals surface area (Å²) >= 11 is 0. The Bertz CT molecular complexity index is 711. The summed E-state index contributed by atoms with van der Waals surface area (Å²) in [6.07, 6.45) is 7.11. The monoisotopic (exact) mass is 314 g/mol. The third-order valence-electron chi connectivity index (χ3n) is 3.27. The molecule has 0 atom stereocenters. The van der Waals surface area contributed by atoms with Crippen molar-refractivity contribution in [3.8, 4) is 16.9 Å². The SMILES string of the molecule is Cn1cc(-c2cccc(OCCNC(=O)N3C=CCO3)c2)cn1. The Hall–Kier alpha value is -2.80. The van der Waals surface area contributed by atoms with Crippen LogP contribution in [0.4, 0.5) is 4.79 Å². The average molecular weight is 314 g/mol. The zero-order valence-electron chi connectivity index (χ0n) is 12.8. The van der Waals surface area contributed by atoms with Crippen molar-refractivity contribution in [2.75, 3.05) is 19.8 Å². The molecule has 2 amide bonds. The zero-order valence-corrected chi connectivity index (χ0v) is 12.8. The highest BCUT2D eigenvalue weighted by molar-refractivity contribution is 5.74. The van der Waals surface area contributed by atoms with E-state index in [1.54, 1.807) is 17.0 Å². The van der Waals surface area contributed by atoms with Crippen molar-refractivity contribution >= 4 is 6.03 Å². The number of hydrogen-bond donors (Lipinski definition) is 1. The van der Waals surface area contributed by atoms with Crippen LogP contribution in [0.5, 0.6) is 5.75 Å². The highest BCUT2D eigenvalue weighted by Crippen LogP contribution is 2.23. The smallest absolute Gasteiger partial charge is 0.345 e. The first-order valence-corrected chi connectivity index (χ1v) is 7.31. The Labute approximate surface area is 134 Å². The molecule has 1 aliphatic rings. The fourth-order valence-corrected chi connectivity index (χ4v) is 2.17. The Morgan fingerprint density at radius 2 is 2.35 bits per heavy atom. The minimum Gasteiger partial charge on any atom is -0.492 e. The largest absolute Gasteiger partial charge is 0.492 e. The maximum absolute atomic E-state index is 11.7. The molecule has 2 aromatic rings. The van der Waals surface area contributed by atoms with Gasteiger partial charge in [-0.2, -0.15) is 10.2 Å². The van der Waals surface area contributed by atoms with Crippen molar-refractivity contribution < 1.29 is 14.4 Å². The standard InChI is InChI=1S/C16H18N4O3/c1-19-12-14(11-18-19)13-4-2-5-15(10-13)22-9-6-17-16(21)20-7-3-8-23-20/h2-5,7,10-12H,6,8-9H2,1H3,(H,17,21). The van der Waals surface area contributed by atoms with E-state index in [1.807, 2.05) is 43.7 Å². The van der Waals surface area contributed by atoms with Crippen LogP contribution in [0, 0.1) is 0 Å². The molecule has 1 N–H and O–H groups in total. The lowest BCUT2D eigenvalue weighted by molar-refractivity contribution is -0.0488. The molecule has 0 saturated heterocycles. The number of ether oxygens (including phenoxy) is 1. The highest BCUT2D eigenvalue weighted by atomic mass is 16.7. The molecule has 2 heterocycles. The van der Waals surface area contributed by atoms with Crippen LogP contribution in [0.3, 0.4) is 0 Å². The summed E-state index contributed by atoms with van der Waals surface area (Å²) < 4.78 is 7.43. The molecule has 0 aliphatic carbocycles. The molecular weight excluding hydrogens is 296 g/mol. The number of aromatic nitrogens is 2. The Morgan fingerprint density at radius 1 is 1.43 bits per heavy atom. The normalized spacial score (nSPS) is 13.3. The van der Waals surface area contributed by atoms with Gasteiger partial charge in [0.25, 0.3) is 0 Å². The van der Waals surface area contributed by atoms with Gasteiger partial charge in [0.15, 0.2) is 0 Å². The number of benzene rings is 1. The van der Waals surface area contributed by atoms with Gasteiger partial charge in [0, 0.05) is 25.0 Å². The van der Waals surface area contributed by atoms with Crippen LogP contribution in [0.15, 0.2) is 48.9 Å². The summed E-state index contributed by atoms with van der Waals surface area (Å²) in [6.45, 7) is 1.19. The second kappa shape index (κ2) is 6.97. The van der Waals surface area contributed by atoms with Gasteiger partial charge < -0.3 is 10.1 Å². The summed E-state index contributed by atoms with van der Waals surface area (Å²) in [5, 5.41) is 8.05. The number of urea groups is 1. The van der Waals surface area contributed by atoms with E-state index >= 15 is 0 Å². The molecule has 0 fully saturated rings. The van der Waals surface area contributed by atoms with Crippen LogP contribution < -0.4 is 10.1 Å². The van der Waals surface area contributed by atoms with Gasteiger partial charge in [0.2, 0.25) is 0 Å². The van der Waals surface area contributed by atoms with Crippen LogP contribution in [0.25, 0.3) is 11.1 Å². The summed E-state index contributed by atoms with van der Waals surface area (Å²) in [6, 6.07) is 7.47. The van der Waals surface area contributed by atoms with Gasteiger partial charge in [-0.15, -0.1) is 0 Å². The van der Waals surface area contributed by atoms with Crippen molar-refractivity contribution in [2.45, 2.75) is 0 Å². The number of hydroxylamine groups is 2. The number of nitrogens with zero attached hydrogens (tertiary/aromatic N) is 3. The van der Waals surface area contributed by atoms with Gasteiger partial charge in [-0.25, -0.2) is 4.79 Å². The molecule has 0 saturated carbocycles. The molecule has 7 heteroatoms. The Morgan fingerprint density at radius 3 is 3.09 bits per heavy atom. The average Bonchev–Trinajstić information content (AvgIpc) is 3.23. The summed E-state index contributed by atoms with van der Waals surface area (Å²) in [5.74, 6) is 0.748. The fraction of sp³-hybridized carbons (Fsp3) is 0.250. The van der Waals surface area contributed by atoms with Crippen LogP contribution in [-0.2, 0) is 11.9 Å². The fourth-order valence-electron chi connectivity index (χ4n) is 2.17. The number of carbonyl (C=O) groups excluding carboxylic acids is 1. The van der Waals surface area contributed by atoms with Crippen molar-refractivity contribution in [3.63, 3.8) is 0 Å². The molecule has 1 aromatic heterocycles. The van der Waals surface area contributed by atoms with E-state index in [0.717, 1.165) is 16.9 Å². The van der Waals surface area contributed by atoms with Crippen LogP contribution in [-0.4, -0.2) is 40.6 Å². The summed E-state index contributed by atoms with van der Waals surface area (Å²) in [5.41, 5.74) is 2.07. The second-order valence-electron chi connectivity index (χ2n) is 5.02. The number of nitrogens with one attached hydrogen (secondary N) is 1. The minimum atomic E-state index is -0.300. The van der Waals surface area contributed by atoms with E-state index in [4.69, 9.17) is 9.57 Å². The van der Waals surface area contributed by atoms with Crippen molar-refractivity contribution in [3.05, 3.63) is 48.9 Å². The van der Waals surface area contributed by atoms with Crippen LogP contribution >= 0.6 is 0 Å². The first-order valence-electron chi connectivity index (χ1n) is 7.31. The highest BCUT2D eigenvalue weighted by Gasteiger charge is 2.13. The molecule has 0 radical (unpaired) electrons. The van der Waals surface area contributed by atoms with Crippen molar-refractivity contribution in [1.82, 2.24) is 20.2 Å². The van der Waals surface area contributed by atoms with E-state index in [9.17, 15) is 4.79 Å². The topological polar surface area (TPSA) is 68.6 Å². The molecule has 23 heavy (non-hydrogen) atoms. The maximum Gasteiger partial charge on any atom is 0.345 e. The molecule has 1 aliphatic heterocycles. The van der Waals surface area contributed by atoms with E-state index in [1.165, 1.54) is 5.06 Å². The van der Waals surface area contributed by atoms with E-state index in [2.05, 4.69) is 10.4 Å². The maximum atomic E-state index is 11.7. The van der Waals surface area contributed by atoms with Gasteiger partial charge in [0.1, 0.15) is 12.4 Å². The lowest BCUT2D eigenvalue weighted by Crippen LogP contribution is -2.37. The lowest BCUT2D eigenvalue weighted by atomic mass is 10.1. The zero-order chi connectivity index (χ0) is 16.1. The molecular formula is C16H18N4O3. The third kappa shape index (κ3) is 3.89. The van der Waals surface area contributed by atoms with Crippen LogP contribution in [0.1, 0.15) is 0 Å². The van der Waals surface area contributed by atoms with Crippen molar-refractivity contribution in [2.24, 2.45) is 7.05 Å². The molecule has 7 nitrogen and oxygen atoms in total. The molecule has 0 spiro atoms. The van der Waals surface area contributed by atoms with E-state index in [-0.39, 0.29) is 6.03 Å². The first-order chi connectivity index (χ1) is 11.2. The molecule has 3 rings (SSSR count). The Kier molecular flexibility index (Phi) is 4.58. The molecule has 1 aromatic carbocycles. The minimum absolute atomic E-state index is 0.300. The predicted octanol–water partition coefficient (Wildman–Crippen LogP) is 1.94. The number of aryl methyl sites for hydroxylation is 1.